The maximum absolute atomic E-state index is 11.3. The Labute approximate surface area is 141 Å². The summed E-state index contributed by atoms with van der Waals surface area (Å²) >= 11 is 0. The topological polar surface area (TPSA) is 41.4 Å². The molecule has 5 nitrogen and oxygen atoms in total. The van der Waals surface area contributed by atoms with Gasteiger partial charge >= 0.3 is 0 Å². The van der Waals surface area contributed by atoms with Gasteiger partial charge in [-0.1, -0.05) is 24.3 Å². The van der Waals surface area contributed by atoms with E-state index in [1.54, 1.807) is 0 Å². The summed E-state index contributed by atoms with van der Waals surface area (Å²) in [5.41, 5.74) is 1.88. The summed E-state index contributed by atoms with van der Waals surface area (Å²) in [7, 11) is 0. The van der Waals surface area contributed by atoms with Gasteiger partial charge in [0.05, 0.1) is 6.67 Å². The van der Waals surface area contributed by atoms with E-state index in [0.29, 0.717) is 0 Å². The van der Waals surface area contributed by atoms with Gasteiger partial charge in [-0.3, -0.25) is 9.69 Å². The van der Waals surface area contributed by atoms with Crippen molar-refractivity contribution in [2.24, 2.45) is 0 Å². The van der Waals surface area contributed by atoms with Crippen LogP contribution in [0, 0.1) is 0 Å². The van der Waals surface area contributed by atoms with Crippen molar-refractivity contribution < 1.29 is 4.79 Å². The van der Waals surface area contributed by atoms with Crippen molar-refractivity contribution in [3.63, 3.8) is 0 Å². The third kappa shape index (κ3) is 2.78. The fourth-order valence-corrected chi connectivity index (χ4v) is 3.36. The third-order valence-electron chi connectivity index (χ3n) is 4.64. The molecule has 2 aromatic heterocycles. The number of aromatic nitrogens is 2. The Kier molecular flexibility index (Phi) is 4.01. The highest BCUT2D eigenvalue weighted by molar-refractivity contribution is 5.97. The lowest BCUT2D eigenvalue weighted by Crippen LogP contribution is -2.47. The highest BCUT2D eigenvalue weighted by Crippen LogP contribution is 2.21. The molecule has 0 unspecified atom stereocenters. The predicted molar refractivity (Wildman–Crippen MR) is 95.3 cm³/mol. The zero-order valence-corrected chi connectivity index (χ0v) is 13.5. The molecule has 0 spiro atoms. The second-order valence-electron chi connectivity index (χ2n) is 6.12. The molecule has 1 aliphatic rings. The van der Waals surface area contributed by atoms with Crippen molar-refractivity contribution in [3.8, 4) is 0 Å². The Morgan fingerprint density at radius 1 is 1.00 bits per heavy atom. The van der Waals surface area contributed by atoms with E-state index in [-0.39, 0.29) is 0 Å². The van der Waals surface area contributed by atoms with Gasteiger partial charge in [-0.05, 0) is 18.2 Å². The smallest absolute Gasteiger partial charge is 0.152 e. The minimum absolute atomic E-state index is 0.762. The molecule has 1 aliphatic heterocycles. The number of pyridine rings is 1. The number of rotatable bonds is 4. The fraction of sp³-hybridized carbons (Fsp3) is 0.263. The standard InChI is InChI=1S/C19H20N4O/c24-14-16-13-23(18-6-2-1-5-17(16)18)15-21-9-11-22(12-10-21)19-7-3-4-8-20-19/h1-8,13-14H,9-12,15H2. The Balaban J connectivity index is 1.47. The Morgan fingerprint density at radius 2 is 1.79 bits per heavy atom. The number of fused-ring (bicyclic) bond motifs is 1. The highest BCUT2D eigenvalue weighted by Gasteiger charge is 2.18. The molecule has 0 radical (unpaired) electrons. The van der Waals surface area contributed by atoms with Crippen molar-refractivity contribution in [1.29, 1.82) is 0 Å². The molecule has 0 bridgehead atoms. The Hall–Kier alpha value is -2.66. The van der Waals surface area contributed by atoms with Gasteiger partial charge in [0.15, 0.2) is 6.29 Å². The Bertz CT molecular complexity index is 835. The van der Waals surface area contributed by atoms with E-state index in [2.05, 4.69) is 31.5 Å². The molecule has 0 atom stereocenters. The van der Waals surface area contributed by atoms with Gasteiger partial charge < -0.3 is 9.47 Å². The molecule has 122 valence electrons. The molecule has 24 heavy (non-hydrogen) atoms. The first-order valence-corrected chi connectivity index (χ1v) is 8.26. The summed E-state index contributed by atoms with van der Waals surface area (Å²) in [6, 6.07) is 14.1. The largest absolute Gasteiger partial charge is 0.354 e. The van der Waals surface area contributed by atoms with Crippen LogP contribution in [0.25, 0.3) is 10.9 Å². The molecular formula is C19H20N4O. The maximum Gasteiger partial charge on any atom is 0.152 e. The molecule has 5 heteroatoms. The summed E-state index contributed by atoms with van der Waals surface area (Å²) in [5, 5.41) is 1.03. The molecule has 0 aliphatic carbocycles. The Morgan fingerprint density at radius 3 is 2.54 bits per heavy atom. The lowest BCUT2D eigenvalue weighted by molar-refractivity contribution is 0.112. The molecule has 0 saturated carbocycles. The van der Waals surface area contributed by atoms with E-state index in [4.69, 9.17) is 0 Å². The number of hydrogen-bond acceptors (Lipinski definition) is 4. The molecule has 4 rings (SSSR count). The van der Waals surface area contributed by atoms with Gasteiger partial charge in [0.2, 0.25) is 0 Å². The van der Waals surface area contributed by atoms with Crippen molar-refractivity contribution >= 4 is 23.0 Å². The molecule has 1 aromatic carbocycles. The summed E-state index contributed by atoms with van der Waals surface area (Å²) in [4.78, 5) is 20.5. The quantitative estimate of drug-likeness (QED) is 0.693. The molecule has 1 saturated heterocycles. The number of piperazine rings is 1. The van der Waals surface area contributed by atoms with Gasteiger partial charge in [0.1, 0.15) is 5.82 Å². The van der Waals surface area contributed by atoms with Crippen molar-refractivity contribution in [1.82, 2.24) is 14.5 Å². The first-order valence-electron chi connectivity index (χ1n) is 8.26. The summed E-state index contributed by atoms with van der Waals surface area (Å²) in [5.74, 6) is 1.05. The van der Waals surface area contributed by atoms with E-state index >= 15 is 0 Å². The average molecular weight is 320 g/mol. The number of hydrogen-bond donors (Lipinski definition) is 0. The summed E-state index contributed by atoms with van der Waals surface area (Å²) < 4.78 is 2.18. The molecular weight excluding hydrogens is 300 g/mol. The van der Waals surface area contributed by atoms with Gasteiger partial charge in [-0.2, -0.15) is 0 Å². The van der Waals surface area contributed by atoms with Crippen molar-refractivity contribution in [3.05, 3.63) is 60.4 Å². The summed E-state index contributed by atoms with van der Waals surface area (Å²) in [6.07, 6.45) is 4.75. The van der Waals surface area contributed by atoms with Crippen LogP contribution in [0.5, 0.6) is 0 Å². The number of aldehydes is 1. The third-order valence-corrected chi connectivity index (χ3v) is 4.64. The zero-order valence-electron chi connectivity index (χ0n) is 13.5. The average Bonchev–Trinajstić information content (AvgIpc) is 3.01. The zero-order chi connectivity index (χ0) is 16.4. The van der Waals surface area contributed by atoms with Crippen molar-refractivity contribution in [2.75, 3.05) is 31.1 Å². The van der Waals surface area contributed by atoms with E-state index in [0.717, 1.165) is 61.4 Å². The number of anilines is 1. The van der Waals surface area contributed by atoms with Gasteiger partial charge in [-0.15, -0.1) is 0 Å². The number of carbonyl (C=O) groups excluding carboxylic acids is 1. The minimum atomic E-state index is 0.762. The molecule has 3 heterocycles. The number of benzene rings is 1. The van der Waals surface area contributed by atoms with Gasteiger partial charge in [0, 0.05) is 55.0 Å². The van der Waals surface area contributed by atoms with Crippen LogP contribution in [0.4, 0.5) is 5.82 Å². The van der Waals surface area contributed by atoms with E-state index in [9.17, 15) is 4.79 Å². The number of para-hydroxylation sites is 1. The first kappa shape index (κ1) is 14.9. The number of carbonyl (C=O) groups is 1. The monoisotopic (exact) mass is 320 g/mol. The van der Waals surface area contributed by atoms with Crippen LogP contribution < -0.4 is 4.90 Å². The van der Waals surface area contributed by atoms with E-state index < -0.39 is 0 Å². The van der Waals surface area contributed by atoms with Gasteiger partial charge in [-0.25, -0.2) is 4.98 Å². The van der Waals surface area contributed by atoms with Crippen molar-refractivity contribution in [2.45, 2.75) is 6.67 Å². The minimum Gasteiger partial charge on any atom is -0.354 e. The molecule has 1 fully saturated rings. The van der Waals surface area contributed by atoms with Crippen LogP contribution in [-0.4, -0.2) is 46.9 Å². The first-order chi connectivity index (χ1) is 11.8. The van der Waals surface area contributed by atoms with Crippen LogP contribution in [0.15, 0.2) is 54.9 Å². The second-order valence-corrected chi connectivity index (χ2v) is 6.12. The second kappa shape index (κ2) is 6.45. The van der Waals surface area contributed by atoms with E-state index in [1.807, 2.05) is 42.7 Å². The van der Waals surface area contributed by atoms with Crippen LogP contribution in [-0.2, 0) is 6.67 Å². The normalized spacial score (nSPS) is 15.8. The maximum atomic E-state index is 11.3. The van der Waals surface area contributed by atoms with Crippen LogP contribution in [0.2, 0.25) is 0 Å². The molecule has 0 N–H and O–H groups in total. The molecule has 3 aromatic rings. The van der Waals surface area contributed by atoms with Crippen LogP contribution in [0.1, 0.15) is 10.4 Å². The lowest BCUT2D eigenvalue weighted by atomic mass is 10.2. The molecule has 0 amide bonds. The van der Waals surface area contributed by atoms with Gasteiger partial charge in [0.25, 0.3) is 0 Å². The highest BCUT2D eigenvalue weighted by atomic mass is 16.1. The fourth-order valence-electron chi connectivity index (χ4n) is 3.36. The van der Waals surface area contributed by atoms with Crippen LogP contribution >= 0.6 is 0 Å². The predicted octanol–water partition coefficient (Wildman–Crippen LogP) is 2.63. The summed E-state index contributed by atoms with van der Waals surface area (Å²) in [6.45, 7) is 4.72. The van der Waals surface area contributed by atoms with Crippen LogP contribution in [0.3, 0.4) is 0 Å². The lowest BCUT2D eigenvalue weighted by Gasteiger charge is -2.35. The SMILES string of the molecule is O=Cc1cn(CN2CCN(c3ccccn3)CC2)c2ccccc12. The number of nitrogens with zero attached hydrogens (tertiary/aromatic N) is 4. The van der Waals surface area contributed by atoms with E-state index in [1.165, 1.54) is 0 Å².